The van der Waals surface area contributed by atoms with Crippen molar-refractivity contribution >= 4 is 16.0 Å². The van der Waals surface area contributed by atoms with E-state index in [-0.39, 0.29) is 17.0 Å². The topological polar surface area (TPSA) is 110 Å². The van der Waals surface area contributed by atoms with Crippen molar-refractivity contribution in [2.45, 2.75) is 25.3 Å². The Morgan fingerprint density at radius 1 is 1.33 bits per heavy atom. The zero-order chi connectivity index (χ0) is 15.6. The highest BCUT2D eigenvalue weighted by molar-refractivity contribution is 7.89. The Hall–Kier alpha value is -2.19. The minimum absolute atomic E-state index is 0.0313. The van der Waals surface area contributed by atoms with E-state index in [1.165, 1.54) is 12.1 Å². The summed E-state index contributed by atoms with van der Waals surface area (Å²) in [6, 6.07) is 5.56. The van der Waals surface area contributed by atoms with E-state index >= 15 is 0 Å². The lowest BCUT2D eigenvalue weighted by Gasteiger charge is -2.09. The van der Waals surface area contributed by atoms with Gasteiger partial charge in [-0.25, -0.2) is 17.9 Å². The number of aromatic nitrogens is 1. The Kier molecular flexibility index (Phi) is 4.10. The summed E-state index contributed by atoms with van der Waals surface area (Å²) in [6.07, 6.45) is 0. The molecule has 0 fully saturated rings. The molecule has 0 bridgehead atoms. The van der Waals surface area contributed by atoms with Crippen LogP contribution in [0.25, 0.3) is 0 Å². The van der Waals surface area contributed by atoms with Crippen LogP contribution in [0.5, 0.6) is 0 Å². The highest BCUT2D eigenvalue weighted by atomic mass is 32.2. The maximum Gasteiger partial charge on any atom is 0.335 e. The van der Waals surface area contributed by atoms with Gasteiger partial charge < -0.3 is 9.63 Å². The van der Waals surface area contributed by atoms with Gasteiger partial charge in [-0.15, -0.1) is 0 Å². The second kappa shape index (κ2) is 5.66. The van der Waals surface area contributed by atoms with Gasteiger partial charge in [0.05, 0.1) is 22.7 Å². The molecular formula is C13H14N2O5S. The van der Waals surface area contributed by atoms with Gasteiger partial charge in [-0.2, -0.15) is 0 Å². The lowest BCUT2D eigenvalue weighted by molar-refractivity contribution is 0.0696. The van der Waals surface area contributed by atoms with Crippen LogP contribution in [0.2, 0.25) is 0 Å². The molecule has 0 radical (unpaired) electrons. The summed E-state index contributed by atoms with van der Waals surface area (Å²) in [7, 11) is -3.83. The van der Waals surface area contributed by atoms with Crippen molar-refractivity contribution < 1.29 is 22.8 Å². The lowest BCUT2D eigenvalue weighted by atomic mass is 10.1. The van der Waals surface area contributed by atoms with E-state index in [2.05, 4.69) is 9.88 Å². The summed E-state index contributed by atoms with van der Waals surface area (Å²) in [5.41, 5.74) is 0.824. The average molecular weight is 310 g/mol. The van der Waals surface area contributed by atoms with Crippen LogP contribution in [-0.2, 0) is 16.6 Å². The summed E-state index contributed by atoms with van der Waals surface area (Å²) in [5, 5.41) is 12.6. The third-order valence-electron chi connectivity index (χ3n) is 2.84. The monoisotopic (exact) mass is 310 g/mol. The van der Waals surface area contributed by atoms with E-state index in [0.29, 0.717) is 17.0 Å². The summed E-state index contributed by atoms with van der Waals surface area (Å²) in [4.78, 5) is 10.9. The molecule has 1 aromatic heterocycles. The van der Waals surface area contributed by atoms with Crippen LogP contribution in [0, 0.1) is 13.8 Å². The number of rotatable bonds is 5. The molecule has 2 rings (SSSR count). The molecule has 8 heteroatoms. The minimum atomic E-state index is -3.83. The molecule has 0 unspecified atom stereocenters. The lowest BCUT2D eigenvalue weighted by Crippen LogP contribution is -2.24. The van der Waals surface area contributed by atoms with Gasteiger partial charge >= 0.3 is 5.97 Å². The van der Waals surface area contributed by atoms with Crippen LogP contribution in [-0.4, -0.2) is 24.7 Å². The number of aryl methyl sites for hydroxylation is 2. The van der Waals surface area contributed by atoms with E-state index in [0.717, 1.165) is 6.07 Å². The molecule has 112 valence electrons. The summed E-state index contributed by atoms with van der Waals surface area (Å²) >= 11 is 0. The van der Waals surface area contributed by atoms with Crippen molar-refractivity contribution in [3.8, 4) is 0 Å². The molecule has 0 saturated carbocycles. The maximum absolute atomic E-state index is 12.2. The predicted molar refractivity (Wildman–Crippen MR) is 73.4 cm³/mol. The Morgan fingerprint density at radius 3 is 2.62 bits per heavy atom. The quantitative estimate of drug-likeness (QED) is 0.865. The molecule has 0 saturated heterocycles. The fourth-order valence-corrected chi connectivity index (χ4v) is 3.04. The van der Waals surface area contributed by atoms with Crippen molar-refractivity contribution in [1.82, 2.24) is 9.88 Å². The number of sulfonamides is 1. The number of hydrogen-bond acceptors (Lipinski definition) is 5. The third-order valence-corrected chi connectivity index (χ3v) is 4.39. The smallest absolute Gasteiger partial charge is 0.335 e. The SMILES string of the molecule is Cc1cc(CNS(=O)(=O)c2cc(C(=O)O)ccc2C)no1. The minimum Gasteiger partial charge on any atom is -0.478 e. The first kappa shape index (κ1) is 15.2. The number of carboxylic acids is 1. The second-order valence-corrected chi connectivity index (χ2v) is 6.27. The maximum atomic E-state index is 12.2. The Morgan fingerprint density at radius 2 is 2.05 bits per heavy atom. The first-order chi connectivity index (χ1) is 9.79. The number of nitrogens with zero attached hydrogens (tertiary/aromatic N) is 1. The number of aromatic carboxylic acids is 1. The van der Waals surface area contributed by atoms with Crippen LogP contribution in [0.4, 0.5) is 0 Å². The van der Waals surface area contributed by atoms with E-state index in [4.69, 9.17) is 9.63 Å². The van der Waals surface area contributed by atoms with Gasteiger partial charge in [0, 0.05) is 6.07 Å². The van der Waals surface area contributed by atoms with Crippen molar-refractivity contribution in [3.05, 3.63) is 46.8 Å². The largest absolute Gasteiger partial charge is 0.478 e. The van der Waals surface area contributed by atoms with Gasteiger partial charge in [0.1, 0.15) is 5.76 Å². The number of carbonyl (C=O) groups is 1. The Bertz CT molecular complexity index is 780. The van der Waals surface area contributed by atoms with Crippen molar-refractivity contribution in [1.29, 1.82) is 0 Å². The summed E-state index contributed by atoms with van der Waals surface area (Å²) < 4.78 is 31.7. The highest BCUT2D eigenvalue weighted by Gasteiger charge is 2.19. The fraction of sp³-hybridized carbons (Fsp3) is 0.231. The summed E-state index contributed by atoms with van der Waals surface area (Å²) in [6.45, 7) is 3.27. The van der Waals surface area contributed by atoms with Crippen LogP contribution < -0.4 is 4.72 Å². The van der Waals surface area contributed by atoms with Gasteiger partial charge in [0.25, 0.3) is 0 Å². The van der Waals surface area contributed by atoms with Gasteiger partial charge in [-0.05, 0) is 31.5 Å². The van der Waals surface area contributed by atoms with E-state index < -0.39 is 16.0 Å². The number of benzene rings is 1. The standard InChI is InChI=1S/C13H14N2O5S/c1-8-3-4-10(13(16)17)6-12(8)21(18,19)14-7-11-5-9(2)20-15-11/h3-6,14H,7H2,1-2H3,(H,16,17). The van der Waals surface area contributed by atoms with E-state index in [1.807, 2.05) is 0 Å². The van der Waals surface area contributed by atoms with Gasteiger partial charge in [0.2, 0.25) is 10.0 Å². The highest BCUT2D eigenvalue weighted by Crippen LogP contribution is 2.17. The van der Waals surface area contributed by atoms with Gasteiger partial charge in [-0.3, -0.25) is 0 Å². The molecule has 1 aromatic carbocycles. The first-order valence-electron chi connectivity index (χ1n) is 6.05. The molecular weight excluding hydrogens is 296 g/mol. The summed E-state index contributed by atoms with van der Waals surface area (Å²) in [5.74, 6) is -0.605. The number of nitrogens with one attached hydrogen (secondary N) is 1. The van der Waals surface area contributed by atoms with Crippen molar-refractivity contribution in [2.75, 3.05) is 0 Å². The first-order valence-corrected chi connectivity index (χ1v) is 7.54. The van der Waals surface area contributed by atoms with Crippen LogP contribution in [0.15, 0.2) is 33.7 Å². The fourth-order valence-electron chi connectivity index (χ4n) is 1.77. The van der Waals surface area contributed by atoms with Crippen LogP contribution in [0.1, 0.15) is 27.4 Å². The molecule has 2 N–H and O–H groups in total. The van der Waals surface area contributed by atoms with Crippen LogP contribution >= 0.6 is 0 Å². The Labute approximate surface area is 121 Å². The molecule has 7 nitrogen and oxygen atoms in total. The molecule has 1 heterocycles. The predicted octanol–water partition coefficient (Wildman–Crippen LogP) is 1.47. The second-order valence-electron chi connectivity index (χ2n) is 4.54. The molecule has 21 heavy (non-hydrogen) atoms. The normalized spacial score (nSPS) is 11.5. The van der Waals surface area contributed by atoms with Crippen LogP contribution in [0.3, 0.4) is 0 Å². The Balaban J connectivity index is 2.26. The number of hydrogen-bond donors (Lipinski definition) is 2. The van der Waals surface area contributed by atoms with Gasteiger partial charge in [0.15, 0.2) is 0 Å². The zero-order valence-corrected chi connectivity index (χ0v) is 12.3. The third kappa shape index (κ3) is 3.47. The average Bonchev–Trinajstić information content (AvgIpc) is 2.82. The molecule has 0 atom stereocenters. The van der Waals surface area contributed by atoms with Crippen molar-refractivity contribution in [3.63, 3.8) is 0 Å². The van der Waals surface area contributed by atoms with E-state index in [1.54, 1.807) is 19.9 Å². The zero-order valence-electron chi connectivity index (χ0n) is 11.5. The molecule has 0 aliphatic heterocycles. The molecule has 0 aliphatic rings. The molecule has 2 aromatic rings. The molecule has 0 amide bonds. The molecule has 0 spiro atoms. The van der Waals surface area contributed by atoms with Gasteiger partial charge in [-0.1, -0.05) is 11.2 Å². The number of carboxylic acid groups (broad SMARTS) is 1. The molecule has 0 aliphatic carbocycles. The van der Waals surface area contributed by atoms with Crippen molar-refractivity contribution in [2.24, 2.45) is 0 Å². The van der Waals surface area contributed by atoms with E-state index in [9.17, 15) is 13.2 Å².